The second-order valence-corrected chi connectivity index (χ2v) is 7.54. The minimum absolute atomic E-state index is 0.192. The number of anilines is 1. The number of aryl methyl sites for hydroxylation is 2. The van der Waals surface area contributed by atoms with Gasteiger partial charge in [-0.05, 0) is 49.2 Å². The second-order valence-electron chi connectivity index (χ2n) is 6.31. The first-order valence-electron chi connectivity index (χ1n) is 8.50. The van der Waals surface area contributed by atoms with Crippen molar-refractivity contribution >= 4 is 28.8 Å². The lowest BCUT2D eigenvalue weighted by atomic mass is 10.1. The van der Waals surface area contributed by atoms with Gasteiger partial charge in [0.25, 0.3) is 11.8 Å². The minimum atomic E-state index is -0.781. The van der Waals surface area contributed by atoms with Crippen LogP contribution in [-0.4, -0.2) is 16.8 Å². The molecule has 0 fully saturated rings. The Bertz CT molecular complexity index is 1080. The van der Waals surface area contributed by atoms with E-state index in [0.717, 1.165) is 23.2 Å². The highest BCUT2D eigenvalue weighted by Gasteiger charge is 2.17. The number of hydrogen-bond donors (Lipinski definition) is 2. The zero-order valence-corrected chi connectivity index (χ0v) is 16.3. The predicted molar refractivity (Wildman–Crippen MR) is 103 cm³/mol. The summed E-state index contributed by atoms with van der Waals surface area (Å²) >= 11 is 1.20. The van der Waals surface area contributed by atoms with Gasteiger partial charge in [0.2, 0.25) is 0 Å². The number of amides is 2. The highest BCUT2D eigenvalue weighted by Crippen LogP contribution is 2.22. The van der Waals surface area contributed by atoms with E-state index in [-0.39, 0.29) is 23.4 Å². The van der Waals surface area contributed by atoms with Crippen LogP contribution >= 0.6 is 11.3 Å². The Hall–Kier alpha value is -3.20. The summed E-state index contributed by atoms with van der Waals surface area (Å²) in [5.74, 6) is -3.54. The van der Waals surface area contributed by atoms with Crippen molar-refractivity contribution < 1.29 is 22.8 Å². The van der Waals surface area contributed by atoms with Gasteiger partial charge in [0.1, 0.15) is 22.3 Å². The van der Waals surface area contributed by atoms with Gasteiger partial charge in [0.05, 0.1) is 16.8 Å². The van der Waals surface area contributed by atoms with Gasteiger partial charge in [-0.1, -0.05) is 0 Å². The first kappa shape index (κ1) is 20.5. The summed E-state index contributed by atoms with van der Waals surface area (Å²) in [7, 11) is 0. The van der Waals surface area contributed by atoms with Gasteiger partial charge in [-0.15, -0.1) is 11.3 Å². The molecule has 2 aromatic carbocycles. The first-order valence-corrected chi connectivity index (χ1v) is 9.31. The van der Waals surface area contributed by atoms with Crippen molar-refractivity contribution in [3.8, 4) is 0 Å². The average molecular weight is 419 g/mol. The molecule has 2 amide bonds. The zero-order chi connectivity index (χ0) is 21.1. The normalized spacial score (nSPS) is 10.7. The van der Waals surface area contributed by atoms with E-state index >= 15 is 0 Å². The molecule has 3 aromatic rings. The molecular weight excluding hydrogens is 403 g/mol. The zero-order valence-electron chi connectivity index (χ0n) is 15.5. The van der Waals surface area contributed by atoms with Crippen molar-refractivity contribution in [2.45, 2.75) is 20.4 Å². The first-order chi connectivity index (χ1) is 13.7. The number of rotatable bonds is 5. The van der Waals surface area contributed by atoms with Crippen LogP contribution in [0.25, 0.3) is 0 Å². The maximum Gasteiger partial charge on any atom is 0.267 e. The quantitative estimate of drug-likeness (QED) is 0.646. The van der Waals surface area contributed by atoms with Crippen molar-refractivity contribution in [1.82, 2.24) is 10.3 Å². The maximum atomic E-state index is 14.3. The number of carbonyl (C=O) groups is 2. The van der Waals surface area contributed by atoms with Crippen LogP contribution in [0.3, 0.4) is 0 Å². The summed E-state index contributed by atoms with van der Waals surface area (Å²) in [6.07, 6.45) is 1.43. The number of thiazole rings is 1. The molecule has 0 aliphatic rings. The summed E-state index contributed by atoms with van der Waals surface area (Å²) < 4.78 is 40.8. The molecule has 1 aromatic heterocycles. The molecule has 0 bridgehead atoms. The number of benzene rings is 2. The lowest BCUT2D eigenvalue weighted by Crippen LogP contribution is -2.24. The molecule has 0 radical (unpaired) electrons. The summed E-state index contributed by atoms with van der Waals surface area (Å²) in [4.78, 5) is 29.1. The number of nitrogens with zero attached hydrogens (tertiary/aromatic N) is 1. The van der Waals surface area contributed by atoms with E-state index in [4.69, 9.17) is 0 Å². The molecular formula is C20H16F3N3O2S. The lowest BCUT2D eigenvalue weighted by molar-refractivity contribution is 0.0945. The molecule has 0 aliphatic carbocycles. The summed E-state index contributed by atoms with van der Waals surface area (Å²) in [6.45, 7) is 3.16. The van der Waals surface area contributed by atoms with E-state index < -0.39 is 29.3 Å². The van der Waals surface area contributed by atoms with E-state index in [1.165, 1.54) is 23.6 Å². The van der Waals surface area contributed by atoms with Crippen LogP contribution in [0, 0.1) is 31.3 Å². The Labute approximate surface area is 168 Å². The van der Waals surface area contributed by atoms with Gasteiger partial charge in [-0.2, -0.15) is 0 Å². The van der Waals surface area contributed by atoms with E-state index in [1.54, 1.807) is 13.8 Å². The molecule has 2 N–H and O–H groups in total. The fourth-order valence-corrected chi connectivity index (χ4v) is 3.30. The maximum absolute atomic E-state index is 14.3. The number of halogens is 3. The Morgan fingerprint density at radius 1 is 1.00 bits per heavy atom. The van der Waals surface area contributed by atoms with E-state index in [0.29, 0.717) is 16.5 Å². The van der Waals surface area contributed by atoms with Crippen LogP contribution in [0.1, 0.15) is 36.2 Å². The molecule has 0 saturated heterocycles. The van der Waals surface area contributed by atoms with Gasteiger partial charge in [0.15, 0.2) is 0 Å². The lowest BCUT2D eigenvalue weighted by Gasteiger charge is -2.12. The Morgan fingerprint density at radius 3 is 2.31 bits per heavy atom. The Kier molecular flexibility index (Phi) is 5.97. The van der Waals surface area contributed by atoms with Crippen LogP contribution in [-0.2, 0) is 6.54 Å². The van der Waals surface area contributed by atoms with E-state index in [1.807, 2.05) is 0 Å². The molecule has 0 unspecified atom stereocenters. The molecule has 3 rings (SSSR count). The van der Waals surface area contributed by atoms with E-state index in [9.17, 15) is 22.8 Å². The highest BCUT2D eigenvalue weighted by molar-refractivity contribution is 7.13. The van der Waals surface area contributed by atoms with Crippen molar-refractivity contribution in [2.24, 2.45) is 0 Å². The third kappa shape index (κ3) is 5.00. The number of carbonyl (C=O) groups excluding carboxylic acids is 2. The van der Waals surface area contributed by atoms with Crippen molar-refractivity contribution in [3.05, 3.63) is 80.6 Å². The van der Waals surface area contributed by atoms with Gasteiger partial charge in [-0.25, -0.2) is 18.2 Å². The SMILES string of the molecule is Cc1ncc(C(=O)Nc2cc(C(=O)NCc3cc(F)cc(F)c3)c(F)cc2C)s1. The number of hydrogen-bond acceptors (Lipinski definition) is 4. The van der Waals surface area contributed by atoms with Gasteiger partial charge >= 0.3 is 0 Å². The molecule has 0 atom stereocenters. The van der Waals surface area contributed by atoms with Crippen LogP contribution in [0.2, 0.25) is 0 Å². The number of nitrogens with one attached hydrogen (secondary N) is 2. The topological polar surface area (TPSA) is 71.1 Å². The average Bonchev–Trinajstić information content (AvgIpc) is 3.07. The molecule has 29 heavy (non-hydrogen) atoms. The van der Waals surface area contributed by atoms with E-state index in [2.05, 4.69) is 15.6 Å². The van der Waals surface area contributed by atoms with Gasteiger partial charge in [-0.3, -0.25) is 9.59 Å². The fraction of sp³-hybridized carbons (Fsp3) is 0.150. The smallest absolute Gasteiger partial charge is 0.267 e. The molecule has 0 saturated carbocycles. The third-order valence-electron chi connectivity index (χ3n) is 4.03. The monoisotopic (exact) mass is 419 g/mol. The standard InChI is InChI=1S/C20H16F3N3O2S/c1-10-3-16(23)15(7-17(10)26-20(28)18-9-24-11(2)29-18)19(27)25-8-12-4-13(21)6-14(22)5-12/h3-7,9H,8H2,1-2H3,(H,25,27)(H,26,28). The Balaban J connectivity index is 1.77. The largest absolute Gasteiger partial charge is 0.348 e. The summed E-state index contributed by atoms with van der Waals surface area (Å²) in [5, 5.41) is 5.77. The molecule has 9 heteroatoms. The molecule has 150 valence electrons. The molecule has 0 spiro atoms. The molecule has 0 aliphatic heterocycles. The molecule has 5 nitrogen and oxygen atoms in total. The van der Waals surface area contributed by atoms with Crippen LogP contribution in [0.15, 0.2) is 36.5 Å². The van der Waals surface area contributed by atoms with Crippen LogP contribution in [0.5, 0.6) is 0 Å². The van der Waals surface area contributed by atoms with Crippen LogP contribution in [0.4, 0.5) is 18.9 Å². The summed E-state index contributed by atoms with van der Waals surface area (Å²) in [5.41, 5.74) is 0.589. The molecule has 1 heterocycles. The fourth-order valence-electron chi connectivity index (χ4n) is 2.62. The van der Waals surface area contributed by atoms with Gasteiger partial charge in [0, 0.05) is 18.3 Å². The van der Waals surface area contributed by atoms with Crippen molar-refractivity contribution in [2.75, 3.05) is 5.32 Å². The van der Waals surface area contributed by atoms with Crippen molar-refractivity contribution in [1.29, 1.82) is 0 Å². The third-order valence-corrected chi connectivity index (χ3v) is 4.94. The van der Waals surface area contributed by atoms with Gasteiger partial charge < -0.3 is 10.6 Å². The Morgan fingerprint density at radius 2 is 1.69 bits per heavy atom. The minimum Gasteiger partial charge on any atom is -0.348 e. The predicted octanol–water partition coefficient (Wildman–Crippen LogP) is 4.36. The number of aromatic nitrogens is 1. The second kappa shape index (κ2) is 8.44. The highest BCUT2D eigenvalue weighted by atomic mass is 32.1. The van der Waals surface area contributed by atoms with Crippen LogP contribution < -0.4 is 10.6 Å². The van der Waals surface area contributed by atoms with Crippen molar-refractivity contribution in [3.63, 3.8) is 0 Å². The summed E-state index contributed by atoms with van der Waals surface area (Å²) in [6, 6.07) is 5.20.